The summed E-state index contributed by atoms with van der Waals surface area (Å²) in [5.41, 5.74) is 7.15. The number of benzene rings is 1. The summed E-state index contributed by atoms with van der Waals surface area (Å²) >= 11 is 12.4. The SMILES string of the molecule is CC(C)CC(C)N(C)c1c(Cl)cc(N)cc1Cl. The molecule has 4 heteroatoms. The first kappa shape index (κ1) is 14.5. The molecule has 2 N–H and O–H groups in total. The Kier molecular flexibility index (Phi) is 4.96. The van der Waals surface area contributed by atoms with E-state index >= 15 is 0 Å². The Labute approximate surface area is 114 Å². The summed E-state index contributed by atoms with van der Waals surface area (Å²) in [4.78, 5) is 2.12. The van der Waals surface area contributed by atoms with Crippen LogP contribution in [-0.4, -0.2) is 13.1 Å². The number of nitrogens with two attached hydrogens (primary N) is 1. The second kappa shape index (κ2) is 5.83. The fourth-order valence-corrected chi connectivity index (χ4v) is 2.75. The molecule has 1 atom stereocenters. The van der Waals surface area contributed by atoms with Crippen molar-refractivity contribution in [2.24, 2.45) is 5.92 Å². The molecule has 0 aliphatic heterocycles. The summed E-state index contributed by atoms with van der Waals surface area (Å²) in [7, 11) is 2.01. The van der Waals surface area contributed by atoms with Crippen molar-refractivity contribution in [1.29, 1.82) is 0 Å². The molecule has 1 rings (SSSR count). The van der Waals surface area contributed by atoms with Crippen molar-refractivity contribution >= 4 is 34.6 Å². The normalized spacial score (nSPS) is 12.9. The Balaban J connectivity index is 2.99. The molecule has 0 radical (unpaired) electrons. The molecule has 0 bridgehead atoms. The summed E-state index contributed by atoms with van der Waals surface area (Å²) in [6.45, 7) is 6.58. The van der Waals surface area contributed by atoms with Crippen LogP contribution in [0, 0.1) is 5.92 Å². The molecule has 0 fully saturated rings. The van der Waals surface area contributed by atoms with Crippen molar-refractivity contribution in [2.75, 3.05) is 17.7 Å². The van der Waals surface area contributed by atoms with Crippen LogP contribution in [0.1, 0.15) is 27.2 Å². The Morgan fingerprint density at radius 3 is 2.06 bits per heavy atom. The molecule has 0 aliphatic carbocycles. The van der Waals surface area contributed by atoms with Crippen LogP contribution in [0.15, 0.2) is 12.1 Å². The maximum Gasteiger partial charge on any atom is 0.0746 e. The Morgan fingerprint density at radius 2 is 1.65 bits per heavy atom. The van der Waals surface area contributed by atoms with Gasteiger partial charge in [0.25, 0.3) is 0 Å². The molecular formula is C13H20Cl2N2. The average molecular weight is 275 g/mol. The maximum absolute atomic E-state index is 6.20. The van der Waals surface area contributed by atoms with Crippen LogP contribution in [0.4, 0.5) is 11.4 Å². The molecule has 0 heterocycles. The van der Waals surface area contributed by atoms with Crippen LogP contribution in [0.3, 0.4) is 0 Å². The number of hydrogen-bond acceptors (Lipinski definition) is 2. The summed E-state index contributed by atoms with van der Waals surface area (Å²) in [5, 5.41) is 1.21. The molecule has 0 spiro atoms. The van der Waals surface area contributed by atoms with E-state index in [1.807, 2.05) is 7.05 Å². The van der Waals surface area contributed by atoms with E-state index in [2.05, 4.69) is 25.7 Å². The van der Waals surface area contributed by atoms with Crippen LogP contribution in [0.25, 0.3) is 0 Å². The van der Waals surface area contributed by atoms with Gasteiger partial charge in [-0.15, -0.1) is 0 Å². The van der Waals surface area contributed by atoms with Crippen molar-refractivity contribution in [1.82, 2.24) is 0 Å². The van der Waals surface area contributed by atoms with Gasteiger partial charge in [0.2, 0.25) is 0 Å². The Bertz CT molecular complexity index is 368. The third kappa shape index (κ3) is 3.68. The molecule has 96 valence electrons. The van der Waals surface area contributed by atoms with Crippen molar-refractivity contribution in [3.8, 4) is 0 Å². The van der Waals surface area contributed by atoms with Crippen LogP contribution in [-0.2, 0) is 0 Å². The lowest BCUT2D eigenvalue weighted by Crippen LogP contribution is -2.30. The smallest absolute Gasteiger partial charge is 0.0746 e. The first-order valence-electron chi connectivity index (χ1n) is 5.80. The summed E-state index contributed by atoms with van der Waals surface area (Å²) in [6, 6.07) is 3.86. The van der Waals surface area contributed by atoms with Gasteiger partial charge in [-0.2, -0.15) is 0 Å². The van der Waals surface area contributed by atoms with Crippen molar-refractivity contribution in [3.05, 3.63) is 22.2 Å². The van der Waals surface area contributed by atoms with Crippen LogP contribution >= 0.6 is 23.2 Å². The van der Waals surface area contributed by atoms with Crippen LogP contribution < -0.4 is 10.6 Å². The zero-order valence-corrected chi connectivity index (χ0v) is 12.3. The Hall–Kier alpha value is -0.600. The maximum atomic E-state index is 6.20. The fourth-order valence-electron chi connectivity index (χ4n) is 1.98. The molecule has 1 unspecified atom stereocenters. The molecule has 0 aliphatic rings. The van der Waals surface area contributed by atoms with Crippen molar-refractivity contribution < 1.29 is 0 Å². The van der Waals surface area contributed by atoms with E-state index in [0.717, 1.165) is 12.1 Å². The lowest BCUT2D eigenvalue weighted by atomic mass is 10.0. The summed E-state index contributed by atoms with van der Waals surface area (Å²) < 4.78 is 0. The van der Waals surface area contributed by atoms with Gasteiger partial charge in [-0.1, -0.05) is 37.0 Å². The minimum atomic E-state index is 0.383. The van der Waals surface area contributed by atoms with Crippen LogP contribution in [0.5, 0.6) is 0 Å². The fraction of sp³-hybridized carbons (Fsp3) is 0.538. The molecule has 17 heavy (non-hydrogen) atoms. The van der Waals surface area contributed by atoms with Gasteiger partial charge >= 0.3 is 0 Å². The largest absolute Gasteiger partial charge is 0.399 e. The molecule has 1 aromatic rings. The zero-order valence-electron chi connectivity index (χ0n) is 10.8. The standard InChI is InChI=1S/C13H20Cl2N2/c1-8(2)5-9(3)17(4)13-11(14)6-10(16)7-12(13)15/h6-9H,5,16H2,1-4H3. The number of nitrogens with zero attached hydrogens (tertiary/aromatic N) is 1. The van der Waals surface area contributed by atoms with Gasteiger partial charge in [-0.3, -0.25) is 0 Å². The number of hydrogen-bond donors (Lipinski definition) is 1. The van der Waals surface area contributed by atoms with Gasteiger partial charge in [-0.05, 0) is 31.4 Å². The number of nitrogen functional groups attached to an aromatic ring is 1. The van der Waals surface area contributed by atoms with Crippen molar-refractivity contribution in [2.45, 2.75) is 33.2 Å². The third-order valence-corrected chi connectivity index (χ3v) is 3.44. The monoisotopic (exact) mass is 274 g/mol. The van der Waals surface area contributed by atoms with Gasteiger partial charge in [0, 0.05) is 18.8 Å². The topological polar surface area (TPSA) is 29.3 Å². The quantitative estimate of drug-likeness (QED) is 0.823. The van der Waals surface area contributed by atoms with E-state index in [-0.39, 0.29) is 0 Å². The second-order valence-corrected chi connectivity index (χ2v) is 5.74. The molecule has 0 saturated heterocycles. The molecular weight excluding hydrogens is 255 g/mol. The highest BCUT2D eigenvalue weighted by Crippen LogP contribution is 2.36. The zero-order chi connectivity index (χ0) is 13.2. The average Bonchev–Trinajstić information content (AvgIpc) is 2.14. The molecule has 0 amide bonds. The number of halogens is 2. The minimum Gasteiger partial charge on any atom is -0.399 e. The van der Waals surface area contributed by atoms with Crippen LogP contribution in [0.2, 0.25) is 10.0 Å². The van der Waals surface area contributed by atoms with Gasteiger partial charge in [-0.25, -0.2) is 0 Å². The number of rotatable bonds is 4. The summed E-state index contributed by atoms with van der Waals surface area (Å²) in [5.74, 6) is 0.638. The predicted molar refractivity (Wildman–Crippen MR) is 78.2 cm³/mol. The Morgan fingerprint density at radius 1 is 1.18 bits per heavy atom. The predicted octanol–water partition coefficient (Wildman–Crippen LogP) is 4.45. The third-order valence-electron chi connectivity index (χ3n) is 2.87. The minimum absolute atomic E-state index is 0.383. The second-order valence-electron chi connectivity index (χ2n) is 4.92. The molecule has 1 aromatic carbocycles. The van der Waals surface area contributed by atoms with Crippen molar-refractivity contribution in [3.63, 3.8) is 0 Å². The lowest BCUT2D eigenvalue weighted by Gasteiger charge is -2.30. The lowest BCUT2D eigenvalue weighted by molar-refractivity contribution is 0.504. The van der Waals surface area contributed by atoms with Gasteiger partial charge in [0.15, 0.2) is 0 Å². The molecule has 2 nitrogen and oxygen atoms in total. The van der Waals surface area contributed by atoms with E-state index in [9.17, 15) is 0 Å². The van der Waals surface area contributed by atoms with E-state index in [1.165, 1.54) is 0 Å². The molecule has 0 aromatic heterocycles. The van der Waals surface area contributed by atoms with Gasteiger partial charge in [0.1, 0.15) is 0 Å². The van der Waals surface area contributed by atoms with Gasteiger partial charge < -0.3 is 10.6 Å². The highest BCUT2D eigenvalue weighted by Gasteiger charge is 2.17. The number of anilines is 2. The van der Waals surface area contributed by atoms with E-state index in [0.29, 0.717) is 27.7 Å². The van der Waals surface area contributed by atoms with E-state index < -0.39 is 0 Å². The first-order chi connectivity index (χ1) is 7.82. The highest BCUT2D eigenvalue weighted by atomic mass is 35.5. The summed E-state index contributed by atoms with van der Waals surface area (Å²) in [6.07, 6.45) is 1.09. The van der Waals surface area contributed by atoms with E-state index in [4.69, 9.17) is 28.9 Å². The van der Waals surface area contributed by atoms with E-state index in [1.54, 1.807) is 12.1 Å². The first-order valence-corrected chi connectivity index (χ1v) is 6.55. The molecule has 0 saturated carbocycles. The van der Waals surface area contributed by atoms with Gasteiger partial charge in [0.05, 0.1) is 15.7 Å². The highest BCUT2D eigenvalue weighted by molar-refractivity contribution is 6.39.